The van der Waals surface area contributed by atoms with Gasteiger partial charge in [-0.25, -0.2) is 19.7 Å². The molecule has 2 aromatic carbocycles. The van der Waals surface area contributed by atoms with Gasteiger partial charge in [-0.2, -0.15) is 0 Å². The number of carbonyl (C=O) groups is 1. The van der Waals surface area contributed by atoms with E-state index in [2.05, 4.69) is 16.8 Å². The number of nitrogens with two attached hydrogens (primary N) is 2. The first-order valence-electron chi connectivity index (χ1n) is 13.8. The van der Waals surface area contributed by atoms with Crippen LogP contribution in [0.4, 0.5) is 0 Å². The third-order valence-corrected chi connectivity index (χ3v) is 8.22. The minimum absolute atomic E-state index is 0.0356. The first-order valence-corrected chi connectivity index (χ1v) is 13.8. The normalized spacial score (nSPS) is 23.6. The summed E-state index contributed by atoms with van der Waals surface area (Å²) in [6, 6.07) is 11.9. The molecule has 200 valence electrons. The smallest absolute Gasteiger partial charge is 0.252 e. The molecule has 3 saturated heterocycles. The second-order valence-corrected chi connectivity index (χ2v) is 10.7. The number of nitrogen functional groups attached to an aromatic ring is 1. The Bertz CT molecular complexity index is 1620. The van der Waals surface area contributed by atoms with Crippen molar-refractivity contribution < 1.29 is 9.53 Å². The van der Waals surface area contributed by atoms with E-state index in [1.54, 1.807) is 4.68 Å². The predicted molar refractivity (Wildman–Crippen MR) is 147 cm³/mol. The molecule has 0 saturated carbocycles. The summed E-state index contributed by atoms with van der Waals surface area (Å²) in [5.74, 6) is 20.8. The quantitative estimate of drug-likeness (QED) is 0.277. The number of rotatable bonds is 3. The van der Waals surface area contributed by atoms with Crippen molar-refractivity contribution in [1.82, 2.24) is 29.5 Å². The number of carbonyl (C=O) groups excluding carboxylic acids is 1. The summed E-state index contributed by atoms with van der Waals surface area (Å²) in [6.07, 6.45) is 5.30. The second kappa shape index (κ2) is 9.68. The molecule has 3 fully saturated rings. The Morgan fingerprint density at radius 3 is 2.46 bits per heavy atom. The number of hydrogen-bond donors (Lipinski definition) is 3. The summed E-state index contributed by atoms with van der Waals surface area (Å²) in [5, 5.41) is 1.81. The van der Waals surface area contributed by atoms with Crippen LogP contribution in [0.25, 0.3) is 22.1 Å². The second-order valence-electron chi connectivity index (χ2n) is 10.7. The standard InChI is InChI=1S/C29H32N8O2/c30-36-14-2-5-24(36)28-34-21-12-10-19(17-25(21)37(28)31)8-7-18-9-11-20-22(16-18)33-27(32-20)23-4-1-13-35(23)29(38)26-6-3-15-39-26/h9-12,16-17,23-24,26H,1-6,13-15,30-31H2,(H,32,33)/t23-,24-,26+/m0/s1. The van der Waals surface area contributed by atoms with Crippen molar-refractivity contribution in [3.63, 3.8) is 0 Å². The van der Waals surface area contributed by atoms with Gasteiger partial charge in [0, 0.05) is 30.8 Å². The van der Waals surface area contributed by atoms with Crippen molar-refractivity contribution >= 4 is 28.0 Å². The molecule has 3 aliphatic heterocycles. The number of hydrogen-bond acceptors (Lipinski definition) is 7. The minimum Gasteiger partial charge on any atom is -0.368 e. The van der Waals surface area contributed by atoms with Gasteiger partial charge in [-0.15, -0.1) is 0 Å². The fourth-order valence-corrected chi connectivity index (χ4v) is 6.17. The van der Waals surface area contributed by atoms with Crippen molar-refractivity contribution in [2.45, 2.75) is 56.7 Å². The monoisotopic (exact) mass is 524 g/mol. The number of H-pyrrole nitrogens is 1. The number of nitrogens with zero attached hydrogens (tertiary/aromatic N) is 5. The maximum absolute atomic E-state index is 13.0. The van der Waals surface area contributed by atoms with Crippen molar-refractivity contribution in [1.29, 1.82) is 0 Å². The molecule has 3 aliphatic rings. The average Bonchev–Trinajstić information content (AvgIpc) is 3.77. The zero-order valence-electron chi connectivity index (χ0n) is 21.8. The van der Waals surface area contributed by atoms with Crippen molar-refractivity contribution in [3.05, 3.63) is 59.2 Å². The molecule has 0 bridgehead atoms. The van der Waals surface area contributed by atoms with Crippen LogP contribution in [0, 0.1) is 11.8 Å². The molecule has 39 heavy (non-hydrogen) atoms. The molecule has 3 atom stereocenters. The van der Waals surface area contributed by atoms with Gasteiger partial charge in [-0.05, 0) is 74.9 Å². The summed E-state index contributed by atoms with van der Waals surface area (Å²) in [5.41, 5.74) is 5.19. The first kappa shape index (κ1) is 24.2. The van der Waals surface area contributed by atoms with Crippen molar-refractivity contribution in [2.24, 2.45) is 5.84 Å². The Kier molecular flexibility index (Phi) is 6.00. The Morgan fingerprint density at radius 1 is 0.923 bits per heavy atom. The molecule has 1 amide bonds. The number of nitrogens with one attached hydrogen (secondary N) is 1. The highest BCUT2D eigenvalue weighted by atomic mass is 16.5. The van der Waals surface area contributed by atoms with Gasteiger partial charge in [0.1, 0.15) is 17.8 Å². The molecule has 4 aromatic rings. The SMILES string of the molecule is NN1CCC[C@H]1c1nc2ccc(C#Cc3ccc4nc([C@@H]5CCCN5C(=O)[C@H]5CCCO5)[nH]c4c3)cc2n1N. The van der Waals surface area contributed by atoms with E-state index >= 15 is 0 Å². The highest BCUT2D eigenvalue weighted by molar-refractivity contribution is 5.82. The average molecular weight is 525 g/mol. The van der Waals surface area contributed by atoms with Gasteiger partial charge in [0.2, 0.25) is 0 Å². The number of ether oxygens (including phenoxy) is 1. The summed E-state index contributed by atoms with van der Waals surface area (Å²) in [4.78, 5) is 28.0. The molecular weight excluding hydrogens is 492 g/mol. The molecule has 7 rings (SSSR count). The van der Waals surface area contributed by atoms with Gasteiger partial charge >= 0.3 is 0 Å². The minimum atomic E-state index is -0.307. The highest BCUT2D eigenvalue weighted by Gasteiger charge is 2.37. The Balaban J connectivity index is 1.13. The summed E-state index contributed by atoms with van der Waals surface area (Å²) >= 11 is 0. The third-order valence-electron chi connectivity index (χ3n) is 8.22. The number of benzene rings is 2. The van der Waals surface area contributed by atoms with Crippen LogP contribution in [0.5, 0.6) is 0 Å². The van der Waals surface area contributed by atoms with E-state index in [1.807, 2.05) is 46.3 Å². The summed E-state index contributed by atoms with van der Waals surface area (Å²) in [7, 11) is 0. The molecule has 5 N–H and O–H groups in total. The number of amides is 1. The number of fused-ring (bicyclic) bond motifs is 2. The van der Waals surface area contributed by atoms with E-state index in [0.717, 1.165) is 96.5 Å². The number of hydrazine groups is 1. The van der Waals surface area contributed by atoms with Gasteiger partial charge in [-0.3, -0.25) is 10.6 Å². The lowest BCUT2D eigenvalue weighted by Crippen LogP contribution is -2.38. The van der Waals surface area contributed by atoms with Gasteiger partial charge in [0.05, 0.1) is 34.2 Å². The van der Waals surface area contributed by atoms with Crippen LogP contribution >= 0.6 is 0 Å². The molecule has 2 aromatic heterocycles. The largest absolute Gasteiger partial charge is 0.368 e. The van der Waals surface area contributed by atoms with Gasteiger partial charge in [-0.1, -0.05) is 11.8 Å². The molecule has 5 heterocycles. The van der Waals surface area contributed by atoms with E-state index in [0.29, 0.717) is 6.61 Å². The number of aromatic nitrogens is 4. The van der Waals surface area contributed by atoms with Crippen LogP contribution < -0.4 is 11.7 Å². The van der Waals surface area contributed by atoms with Crippen molar-refractivity contribution in [3.8, 4) is 11.8 Å². The molecule has 0 unspecified atom stereocenters. The molecular formula is C29H32N8O2. The van der Waals surface area contributed by atoms with E-state index in [-0.39, 0.29) is 24.1 Å². The predicted octanol–water partition coefficient (Wildman–Crippen LogP) is 2.88. The van der Waals surface area contributed by atoms with E-state index < -0.39 is 0 Å². The fourth-order valence-electron chi connectivity index (χ4n) is 6.17. The molecule has 10 heteroatoms. The van der Waals surface area contributed by atoms with Crippen molar-refractivity contribution in [2.75, 3.05) is 25.5 Å². The maximum atomic E-state index is 13.0. The molecule has 0 radical (unpaired) electrons. The van der Waals surface area contributed by atoms with E-state index in [1.165, 1.54) is 0 Å². The lowest BCUT2D eigenvalue weighted by Gasteiger charge is -2.25. The van der Waals surface area contributed by atoms with Crippen LogP contribution in [0.2, 0.25) is 0 Å². The van der Waals surface area contributed by atoms with Crippen LogP contribution in [0.1, 0.15) is 73.4 Å². The Hall–Kier alpha value is -3.91. The Labute approximate surface area is 226 Å². The molecule has 0 spiro atoms. The van der Waals surface area contributed by atoms with Gasteiger partial charge in [0.15, 0.2) is 0 Å². The van der Waals surface area contributed by atoms with Gasteiger partial charge in [0.25, 0.3) is 5.91 Å². The Morgan fingerprint density at radius 2 is 1.69 bits per heavy atom. The fraction of sp³-hybridized carbons (Fsp3) is 0.414. The molecule has 0 aliphatic carbocycles. The number of likely N-dealkylation sites (tertiary alicyclic amines) is 1. The van der Waals surface area contributed by atoms with E-state index in [4.69, 9.17) is 26.4 Å². The summed E-state index contributed by atoms with van der Waals surface area (Å²) in [6.45, 7) is 2.26. The molecule has 10 nitrogen and oxygen atoms in total. The lowest BCUT2D eigenvalue weighted by atomic mass is 10.1. The van der Waals surface area contributed by atoms with E-state index in [9.17, 15) is 4.79 Å². The van der Waals surface area contributed by atoms with Crippen LogP contribution in [0.15, 0.2) is 36.4 Å². The van der Waals surface area contributed by atoms with Crippen LogP contribution in [-0.2, 0) is 9.53 Å². The highest BCUT2D eigenvalue weighted by Crippen LogP contribution is 2.34. The third kappa shape index (κ3) is 4.33. The van der Waals surface area contributed by atoms with Crippen LogP contribution in [0.3, 0.4) is 0 Å². The number of aromatic amines is 1. The first-order chi connectivity index (χ1) is 19.0. The lowest BCUT2D eigenvalue weighted by molar-refractivity contribution is -0.142. The zero-order valence-corrected chi connectivity index (χ0v) is 21.8. The van der Waals surface area contributed by atoms with Gasteiger partial charge < -0.3 is 20.5 Å². The zero-order chi connectivity index (χ0) is 26.5. The summed E-state index contributed by atoms with van der Waals surface area (Å²) < 4.78 is 7.30. The maximum Gasteiger partial charge on any atom is 0.252 e. The number of imidazole rings is 2. The van der Waals surface area contributed by atoms with Crippen LogP contribution in [-0.4, -0.2) is 61.2 Å². The topological polar surface area (TPSA) is 131 Å².